The molecule has 0 aromatic heterocycles. The van der Waals surface area contributed by atoms with Crippen LogP contribution >= 0.6 is 0 Å². The molecule has 6 nitrogen and oxygen atoms in total. The fourth-order valence-electron chi connectivity index (χ4n) is 1.40. The average Bonchev–Trinajstić information content (AvgIpc) is 2.40. The largest absolute Gasteiger partial charge is 0.508 e. The number of carbonyl (C=O) groups is 1. The number of nitro groups is 1. The number of aromatic hydroxyl groups is 1. The number of nitrogens with zero attached hydrogens (tertiary/aromatic N) is 1. The Hall–Kier alpha value is -2.89. The number of esters is 1. The molecule has 0 fully saturated rings. The van der Waals surface area contributed by atoms with E-state index in [1.54, 1.807) is 0 Å². The molecule has 0 unspecified atom stereocenters. The van der Waals surface area contributed by atoms with E-state index in [0.29, 0.717) is 0 Å². The monoisotopic (exact) mass is 259 g/mol. The van der Waals surface area contributed by atoms with E-state index in [4.69, 9.17) is 9.84 Å². The van der Waals surface area contributed by atoms with E-state index in [0.717, 1.165) is 0 Å². The minimum Gasteiger partial charge on any atom is -0.508 e. The van der Waals surface area contributed by atoms with Crippen LogP contribution in [0.1, 0.15) is 10.4 Å². The van der Waals surface area contributed by atoms with Crippen molar-refractivity contribution in [3.05, 3.63) is 64.2 Å². The van der Waals surface area contributed by atoms with Crippen LogP contribution in [0.15, 0.2) is 48.5 Å². The zero-order valence-electron chi connectivity index (χ0n) is 9.65. The normalized spacial score (nSPS) is 9.89. The van der Waals surface area contributed by atoms with Crippen molar-refractivity contribution in [3.8, 4) is 11.5 Å². The molecule has 19 heavy (non-hydrogen) atoms. The van der Waals surface area contributed by atoms with Crippen molar-refractivity contribution in [2.24, 2.45) is 0 Å². The van der Waals surface area contributed by atoms with Gasteiger partial charge in [0.15, 0.2) is 0 Å². The van der Waals surface area contributed by atoms with Crippen LogP contribution in [0.5, 0.6) is 11.5 Å². The second-order valence-corrected chi connectivity index (χ2v) is 3.69. The van der Waals surface area contributed by atoms with Gasteiger partial charge in [-0.1, -0.05) is 0 Å². The number of ether oxygens (including phenoxy) is 1. The lowest BCUT2D eigenvalue weighted by Crippen LogP contribution is -2.08. The van der Waals surface area contributed by atoms with Crippen molar-refractivity contribution < 1.29 is 19.6 Å². The highest BCUT2D eigenvalue weighted by Crippen LogP contribution is 2.19. The second kappa shape index (κ2) is 5.18. The van der Waals surface area contributed by atoms with Gasteiger partial charge in [-0.3, -0.25) is 10.1 Å². The smallest absolute Gasteiger partial charge is 0.343 e. The SMILES string of the molecule is O=C(Oc1ccc([N+](=O)[O-])cc1)c1ccc(O)cc1. The van der Waals surface area contributed by atoms with Crippen LogP contribution in [0.3, 0.4) is 0 Å². The van der Waals surface area contributed by atoms with Crippen molar-refractivity contribution in [2.45, 2.75) is 0 Å². The molecule has 2 aromatic rings. The summed E-state index contributed by atoms with van der Waals surface area (Å²) in [6, 6.07) is 10.8. The van der Waals surface area contributed by atoms with Crippen LogP contribution in [0.4, 0.5) is 5.69 Å². The summed E-state index contributed by atoms with van der Waals surface area (Å²) < 4.78 is 5.03. The number of non-ortho nitro benzene ring substituents is 1. The molecule has 0 radical (unpaired) electrons. The molecule has 96 valence electrons. The number of phenols is 1. The lowest BCUT2D eigenvalue weighted by Gasteiger charge is -2.04. The standard InChI is InChI=1S/C13H9NO5/c15-11-5-1-9(2-6-11)13(16)19-12-7-3-10(4-8-12)14(17)18/h1-8,15H. The molecule has 0 bridgehead atoms. The van der Waals surface area contributed by atoms with Crippen molar-refractivity contribution in [2.75, 3.05) is 0 Å². The van der Waals surface area contributed by atoms with Gasteiger partial charge < -0.3 is 9.84 Å². The van der Waals surface area contributed by atoms with E-state index in [1.807, 2.05) is 0 Å². The first-order valence-corrected chi connectivity index (χ1v) is 5.32. The average molecular weight is 259 g/mol. The Morgan fingerprint density at radius 1 is 1.05 bits per heavy atom. The summed E-state index contributed by atoms with van der Waals surface area (Å²) in [5.74, 6) is -0.343. The zero-order chi connectivity index (χ0) is 13.8. The van der Waals surface area contributed by atoms with E-state index >= 15 is 0 Å². The van der Waals surface area contributed by atoms with Crippen LogP contribution in [-0.4, -0.2) is 16.0 Å². The third kappa shape index (κ3) is 3.06. The van der Waals surface area contributed by atoms with Gasteiger partial charge in [0.2, 0.25) is 0 Å². The third-order valence-corrected chi connectivity index (χ3v) is 2.36. The number of nitro benzene ring substituents is 1. The van der Waals surface area contributed by atoms with Gasteiger partial charge in [0.05, 0.1) is 10.5 Å². The Labute approximate surface area is 108 Å². The van der Waals surface area contributed by atoms with Crippen LogP contribution in [0.2, 0.25) is 0 Å². The number of carbonyl (C=O) groups excluding carboxylic acids is 1. The first-order chi connectivity index (χ1) is 9.06. The number of rotatable bonds is 3. The number of phenolic OH excluding ortho intramolecular Hbond substituents is 1. The second-order valence-electron chi connectivity index (χ2n) is 3.69. The maximum atomic E-state index is 11.7. The minimum absolute atomic E-state index is 0.0480. The lowest BCUT2D eigenvalue weighted by molar-refractivity contribution is -0.384. The van der Waals surface area contributed by atoms with E-state index in [2.05, 4.69) is 0 Å². The molecule has 0 spiro atoms. The van der Waals surface area contributed by atoms with Gasteiger partial charge in [0.25, 0.3) is 5.69 Å². The predicted octanol–water partition coefficient (Wildman–Crippen LogP) is 2.52. The fraction of sp³-hybridized carbons (Fsp3) is 0. The van der Waals surface area contributed by atoms with Crippen LogP contribution in [0, 0.1) is 10.1 Å². The molecule has 0 aliphatic heterocycles. The Bertz CT molecular complexity index is 604. The first-order valence-electron chi connectivity index (χ1n) is 5.32. The van der Waals surface area contributed by atoms with Gasteiger partial charge in [0, 0.05) is 12.1 Å². The van der Waals surface area contributed by atoms with Gasteiger partial charge in [0.1, 0.15) is 11.5 Å². The molecule has 1 N–H and O–H groups in total. The van der Waals surface area contributed by atoms with E-state index < -0.39 is 10.9 Å². The van der Waals surface area contributed by atoms with Crippen LogP contribution in [-0.2, 0) is 0 Å². The molecule has 0 amide bonds. The Kier molecular flexibility index (Phi) is 3.42. The summed E-state index contributed by atoms with van der Waals surface area (Å²) in [6.07, 6.45) is 0. The molecular formula is C13H9NO5. The van der Waals surface area contributed by atoms with Crippen molar-refractivity contribution in [1.82, 2.24) is 0 Å². The van der Waals surface area contributed by atoms with Gasteiger partial charge in [-0.15, -0.1) is 0 Å². The quantitative estimate of drug-likeness (QED) is 0.396. The molecule has 0 heterocycles. The maximum absolute atomic E-state index is 11.7. The summed E-state index contributed by atoms with van der Waals surface area (Å²) in [7, 11) is 0. The molecule has 2 rings (SSSR count). The highest BCUT2D eigenvalue weighted by atomic mass is 16.6. The Morgan fingerprint density at radius 3 is 2.16 bits per heavy atom. The van der Waals surface area contributed by atoms with Gasteiger partial charge in [-0.2, -0.15) is 0 Å². The third-order valence-electron chi connectivity index (χ3n) is 2.36. The topological polar surface area (TPSA) is 89.7 Å². The zero-order valence-corrected chi connectivity index (χ0v) is 9.65. The summed E-state index contributed by atoms with van der Waals surface area (Å²) in [5, 5.41) is 19.6. The summed E-state index contributed by atoms with van der Waals surface area (Å²) in [4.78, 5) is 21.6. The summed E-state index contributed by atoms with van der Waals surface area (Å²) in [6.45, 7) is 0. The molecular weight excluding hydrogens is 250 g/mol. The van der Waals surface area contributed by atoms with Gasteiger partial charge >= 0.3 is 5.97 Å². The van der Waals surface area contributed by atoms with Crippen LogP contribution in [0.25, 0.3) is 0 Å². The maximum Gasteiger partial charge on any atom is 0.343 e. The predicted molar refractivity (Wildman–Crippen MR) is 66.2 cm³/mol. The number of benzene rings is 2. The number of hydrogen-bond donors (Lipinski definition) is 1. The van der Waals surface area contributed by atoms with Crippen molar-refractivity contribution >= 4 is 11.7 Å². The van der Waals surface area contributed by atoms with E-state index in [-0.39, 0.29) is 22.7 Å². The van der Waals surface area contributed by atoms with E-state index in [9.17, 15) is 14.9 Å². The van der Waals surface area contributed by atoms with Gasteiger partial charge in [-0.05, 0) is 36.4 Å². The minimum atomic E-state index is -0.603. The molecule has 0 saturated heterocycles. The molecule has 2 aromatic carbocycles. The molecule has 0 atom stereocenters. The highest BCUT2D eigenvalue weighted by molar-refractivity contribution is 5.91. The summed E-state index contributed by atoms with van der Waals surface area (Å²) >= 11 is 0. The highest BCUT2D eigenvalue weighted by Gasteiger charge is 2.10. The molecule has 0 aliphatic rings. The fourth-order valence-corrected chi connectivity index (χ4v) is 1.40. The Morgan fingerprint density at radius 2 is 1.63 bits per heavy atom. The van der Waals surface area contributed by atoms with Crippen molar-refractivity contribution in [3.63, 3.8) is 0 Å². The van der Waals surface area contributed by atoms with Crippen molar-refractivity contribution in [1.29, 1.82) is 0 Å². The van der Waals surface area contributed by atoms with E-state index in [1.165, 1.54) is 48.5 Å². The van der Waals surface area contributed by atoms with Crippen LogP contribution < -0.4 is 4.74 Å². The lowest BCUT2D eigenvalue weighted by atomic mass is 10.2. The number of hydrogen-bond acceptors (Lipinski definition) is 5. The summed E-state index contributed by atoms with van der Waals surface area (Å²) in [5.41, 5.74) is 0.195. The van der Waals surface area contributed by atoms with Gasteiger partial charge in [-0.25, -0.2) is 4.79 Å². The molecule has 6 heteroatoms. The Balaban J connectivity index is 2.10. The molecule has 0 saturated carbocycles. The molecule has 0 aliphatic carbocycles. The first kappa shape index (κ1) is 12.6.